The quantitative estimate of drug-likeness (QED) is 0.730. The van der Waals surface area contributed by atoms with Gasteiger partial charge < -0.3 is 14.8 Å². The van der Waals surface area contributed by atoms with Gasteiger partial charge in [-0.1, -0.05) is 22.9 Å². The Kier molecular flexibility index (Phi) is 6.52. The molecule has 0 aromatic heterocycles. The first kappa shape index (κ1) is 16.8. The highest BCUT2D eigenvalue weighted by atomic mass is 79.9. The van der Waals surface area contributed by atoms with Crippen molar-refractivity contribution in [2.75, 3.05) is 20.3 Å². The van der Waals surface area contributed by atoms with Crippen molar-refractivity contribution >= 4 is 15.9 Å². The molecule has 0 aliphatic heterocycles. The zero-order valence-electron chi connectivity index (χ0n) is 13.2. The molecule has 4 heteroatoms. The lowest BCUT2D eigenvalue weighted by molar-refractivity contribution is 0.0195. The predicted molar refractivity (Wildman–Crippen MR) is 90.0 cm³/mol. The first-order valence-corrected chi connectivity index (χ1v) is 8.66. The summed E-state index contributed by atoms with van der Waals surface area (Å²) in [6.07, 6.45) is 3.86. The average molecular weight is 356 g/mol. The fourth-order valence-electron chi connectivity index (χ4n) is 2.84. The molecule has 0 bridgehead atoms. The first-order valence-electron chi connectivity index (χ1n) is 7.87. The molecule has 1 N–H and O–H groups in total. The molecule has 1 aliphatic rings. The van der Waals surface area contributed by atoms with Gasteiger partial charge in [0.15, 0.2) is 0 Å². The molecule has 2 rings (SSSR count). The first-order chi connectivity index (χ1) is 10.2. The summed E-state index contributed by atoms with van der Waals surface area (Å²) in [6.45, 7) is 5.98. The fraction of sp³-hybridized carbons (Fsp3) is 0.647. The van der Waals surface area contributed by atoms with Gasteiger partial charge in [0.25, 0.3) is 0 Å². The molecular formula is C17H26BrNO2. The summed E-state index contributed by atoms with van der Waals surface area (Å²) in [5.74, 6) is 1.63. The molecule has 2 unspecified atom stereocenters. The molecule has 0 heterocycles. The Balaban J connectivity index is 2.14. The summed E-state index contributed by atoms with van der Waals surface area (Å²) in [7, 11) is 1.71. The number of rotatable bonds is 9. The van der Waals surface area contributed by atoms with Gasteiger partial charge in [0.1, 0.15) is 5.75 Å². The van der Waals surface area contributed by atoms with Crippen LogP contribution < -0.4 is 10.1 Å². The van der Waals surface area contributed by atoms with E-state index in [0.29, 0.717) is 12.1 Å². The number of ether oxygens (including phenoxy) is 2. The van der Waals surface area contributed by atoms with Gasteiger partial charge in [-0.25, -0.2) is 0 Å². The van der Waals surface area contributed by atoms with Gasteiger partial charge in [0.2, 0.25) is 0 Å². The number of hydrogen-bond donors (Lipinski definition) is 1. The van der Waals surface area contributed by atoms with Gasteiger partial charge in [-0.05, 0) is 62.4 Å². The van der Waals surface area contributed by atoms with E-state index in [4.69, 9.17) is 9.47 Å². The van der Waals surface area contributed by atoms with E-state index in [-0.39, 0.29) is 0 Å². The minimum absolute atomic E-state index is 0.313. The largest absolute Gasteiger partial charge is 0.497 e. The highest BCUT2D eigenvalue weighted by Crippen LogP contribution is 2.37. The highest BCUT2D eigenvalue weighted by Gasteiger charge is 2.37. The second-order valence-electron chi connectivity index (χ2n) is 5.58. The van der Waals surface area contributed by atoms with Crippen LogP contribution in [0.4, 0.5) is 0 Å². The smallest absolute Gasteiger partial charge is 0.119 e. The van der Waals surface area contributed by atoms with Crippen LogP contribution in [0.25, 0.3) is 0 Å². The lowest BCUT2D eigenvalue weighted by Crippen LogP contribution is -2.44. The number of likely N-dealkylation sites (N-methyl/N-ethyl adjacent to an activating group) is 1. The Bertz CT molecular complexity index is 448. The molecule has 0 spiro atoms. The number of benzene rings is 1. The van der Waals surface area contributed by atoms with Crippen molar-refractivity contribution in [1.82, 2.24) is 5.32 Å². The van der Waals surface area contributed by atoms with Crippen molar-refractivity contribution in [1.29, 1.82) is 0 Å². The molecule has 3 nitrogen and oxygen atoms in total. The van der Waals surface area contributed by atoms with Crippen LogP contribution in [0.5, 0.6) is 5.75 Å². The lowest BCUT2D eigenvalue weighted by atomic mass is 9.98. The molecule has 1 aromatic carbocycles. The molecule has 21 heavy (non-hydrogen) atoms. The molecule has 0 amide bonds. The van der Waals surface area contributed by atoms with E-state index >= 15 is 0 Å². The van der Waals surface area contributed by atoms with Crippen LogP contribution in [0.3, 0.4) is 0 Å². The maximum Gasteiger partial charge on any atom is 0.119 e. The Morgan fingerprint density at radius 2 is 2.10 bits per heavy atom. The predicted octanol–water partition coefficient (Wildman–Crippen LogP) is 3.79. The van der Waals surface area contributed by atoms with Crippen molar-refractivity contribution in [2.24, 2.45) is 5.92 Å². The van der Waals surface area contributed by atoms with Crippen LogP contribution in [-0.2, 0) is 11.2 Å². The van der Waals surface area contributed by atoms with Gasteiger partial charge in [-0.15, -0.1) is 0 Å². The lowest BCUT2D eigenvalue weighted by Gasteiger charge is -2.28. The van der Waals surface area contributed by atoms with Crippen molar-refractivity contribution < 1.29 is 9.47 Å². The van der Waals surface area contributed by atoms with E-state index in [1.807, 2.05) is 6.07 Å². The van der Waals surface area contributed by atoms with E-state index in [1.54, 1.807) is 7.11 Å². The number of methoxy groups -OCH3 is 1. The van der Waals surface area contributed by atoms with Gasteiger partial charge in [0, 0.05) is 17.1 Å². The van der Waals surface area contributed by atoms with Crippen molar-refractivity contribution in [2.45, 2.75) is 45.3 Å². The van der Waals surface area contributed by atoms with Crippen LogP contribution in [0.15, 0.2) is 22.7 Å². The van der Waals surface area contributed by atoms with E-state index in [1.165, 1.54) is 18.4 Å². The van der Waals surface area contributed by atoms with Crippen LogP contribution in [0, 0.1) is 5.92 Å². The summed E-state index contributed by atoms with van der Waals surface area (Å²) in [5.41, 5.74) is 1.27. The second-order valence-corrected chi connectivity index (χ2v) is 6.44. The molecule has 1 fully saturated rings. The molecule has 1 aromatic rings. The Labute approximate surface area is 136 Å². The summed E-state index contributed by atoms with van der Waals surface area (Å²) in [6, 6.07) is 6.51. The fourth-order valence-corrected chi connectivity index (χ4v) is 3.24. The van der Waals surface area contributed by atoms with Crippen LogP contribution in [0.2, 0.25) is 0 Å². The number of hydrogen-bond acceptors (Lipinski definition) is 3. The molecule has 118 valence electrons. The third-order valence-electron chi connectivity index (χ3n) is 4.00. The molecule has 2 atom stereocenters. The van der Waals surface area contributed by atoms with Gasteiger partial charge in [0.05, 0.1) is 13.2 Å². The normalized spacial score (nSPS) is 17.5. The monoisotopic (exact) mass is 355 g/mol. The van der Waals surface area contributed by atoms with Crippen LogP contribution >= 0.6 is 15.9 Å². The van der Waals surface area contributed by atoms with Crippen LogP contribution in [0.1, 0.15) is 32.3 Å². The maximum atomic E-state index is 6.04. The Morgan fingerprint density at radius 3 is 2.67 bits per heavy atom. The van der Waals surface area contributed by atoms with E-state index in [2.05, 4.69) is 47.2 Å². The minimum Gasteiger partial charge on any atom is -0.497 e. The zero-order valence-corrected chi connectivity index (χ0v) is 14.8. The maximum absolute atomic E-state index is 6.04. The van der Waals surface area contributed by atoms with E-state index in [0.717, 1.165) is 35.7 Å². The third kappa shape index (κ3) is 4.70. The van der Waals surface area contributed by atoms with Crippen LogP contribution in [-0.4, -0.2) is 32.4 Å². The molecule has 0 saturated heterocycles. The zero-order chi connectivity index (χ0) is 15.2. The highest BCUT2D eigenvalue weighted by molar-refractivity contribution is 9.10. The topological polar surface area (TPSA) is 30.5 Å². The number of halogens is 1. The average Bonchev–Trinajstić information content (AvgIpc) is 3.31. The van der Waals surface area contributed by atoms with Crippen molar-refractivity contribution in [3.63, 3.8) is 0 Å². The molecule has 1 saturated carbocycles. The van der Waals surface area contributed by atoms with Gasteiger partial charge in [-0.3, -0.25) is 0 Å². The van der Waals surface area contributed by atoms with Crippen molar-refractivity contribution in [3.05, 3.63) is 28.2 Å². The van der Waals surface area contributed by atoms with E-state index in [9.17, 15) is 0 Å². The minimum atomic E-state index is 0.313. The molecule has 0 radical (unpaired) electrons. The molecule has 1 aliphatic carbocycles. The van der Waals surface area contributed by atoms with E-state index < -0.39 is 0 Å². The summed E-state index contributed by atoms with van der Waals surface area (Å²) < 4.78 is 12.5. The summed E-state index contributed by atoms with van der Waals surface area (Å²) in [4.78, 5) is 0. The van der Waals surface area contributed by atoms with Gasteiger partial charge >= 0.3 is 0 Å². The SMILES string of the molecule is CCNC(Cc1cc(OC)ccc1Br)C(OCC)C1CC1. The Morgan fingerprint density at radius 1 is 1.33 bits per heavy atom. The summed E-state index contributed by atoms with van der Waals surface area (Å²) >= 11 is 3.66. The molecular weight excluding hydrogens is 330 g/mol. The van der Waals surface area contributed by atoms with Crippen molar-refractivity contribution in [3.8, 4) is 5.75 Å². The van der Waals surface area contributed by atoms with Gasteiger partial charge in [-0.2, -0.15) is 0 Å². The summed E-state index contributed by atoms with van der Waals surface area (Å²) in [5, 5.41) is 3.62. The standard InChI is InChI=1S/C17H26BrNO2/c1-4-19-16(17(21-5-2)12-6-7-12)11-13-10-14(20-3)8-9-15(13)18/h8-10,12,16-17,19H,4-7,11H2,1-3H3. The third-order valence-corrected chi connectivity index (χ3v) is 4.77. The number of nitrogens with one attached hydrogen (secondary N) is 1. The second kappa shape index (κ2) is 8.16. The Hall–Kier alpha value is -0.580.